The highest BCUT2D eigenvalue weighted by Gasteiger charge is 2.39. The van der Waals surface area contributed by atoms with E-state index in [1.807, 2.05) is 7.05 Å². The van der Waals surface area contributed by atoms with Gasteiger partial charge in [-0.3, -0.25) is 0 Å². The summed E-state index contributed by atoms with van der Waals surface area (Å²) in [4.78, 5) is 0. The van der Waals surface area contributed by atoms with E-state index in [9.17, 15) is 0 Å². The van der Waals surface area contributed by atoms with Crippen molar-refractivity contribution in [3.8, 4) is 0 Å². The second-order valence-electron chi connectivity index (χ2n) is 5.43. The highest BCUT2D eigenvalue weighted by molar-refractivity contribution is 5.77. The lowest BCUT2D eigenvalue weighted by atomic mass is 9.81. The van der Waals surface area contributed by atoms with Crippen LogP contribution in [0.15, 0.2) is 30.3 Å². The Hall–Kier alpha value is -1.08. The van der Waals surface area contributed by atoms with Gasteiger partial charge in [-0.2, -0.15) is 0 Å². The van der Waals surface area contributed by atoms with E-state index in [-0.39, 0.29) is 0 Å². The molecule has 1 spiro atoms. The molecule has 0 aromatic heterocycles. The van der Waals surface area contributed by atoms with E-state index in [4.69, 9.17) is 0 Å². The van der Waals surface area contributed by atoms with Crippen LogP contribution in [0.25, 0.3) is 5.57 Å². The molecule has 1 saturated carbocycles. The average molecular weight is 227 g/mol. The summed E-state index contributed by atoms with van der Waals surface area (Å²) in [7, 11) is 2.03. The number of allylic oxidation sites excluding steroid dienone is 1. The van der Waals surface area contributed by atoms with Crippen molar-refractivity contribution in [2.24, 2.45) is 0 Å². The third-order valence-electron chi connectivity index (χ3n) is 4.40. The van der Waals surface area contributed by atoms with Crippen LogP contribution in [-0.2, 0) is 5.41 Å². The molecule has 17 heavy (non-hydrogen) atoms. The molecule has 0 saturated heterocycles. The van der Waals surface area contributed by atoms with E-state index in [0.29, 0.717) is 5.41 Å². The van der Waals surface area contributed by atoms with Crippen molar-refractivity contribution in [3.63, 3.8) is 0 Å². The van der Waals surface area contributed by atoms with Crippen molar-refractivity contribution < 1.29 is 0 Å². The van der Waals surface area contributed by atoms with Crippen LogP contribution < -0.4 is 5.32 Å². The van der Waals surface area contributed by atoms with E-state index < -0.39 is 0 Å². The van der Waals surface area contributed by atoms with Crippen LogP contribution >= 0.6 is 0 Å². The summed E-state index contributed by atoms with van der Waals surface area (Å²) in [5.74, 6) is 0. The van der Waals surface area contributed by atoms with Crippen LogP contribution in [-0.4, -0.2) is 13.6 Å². The van der Waals surface area contributed by atoms with Crippen molar-refractivity contribution in [2.45, 2.75) is 37.5 Å². The smallest absolute Gasteiger partial charge is 0.0144 e. The van der Waals surface area contributed by atoms with E-state index in [2.05, 4.69) is 35.7 Å². The Balaban J connectivity index is 2.00. The van der Waals surface area contributed by atoms with Crippen molar-refractivity contribution >= 4 is 5.57 Å². The monoisotopic (exact) mass is 227 g/mol. The summed E-state index contributed by atoms with van der Waals surface area (Å²) in [5.41, 5.74) is 5.09. The molecule has 0 radical (unpaired) electrons. The Bertz CT molecular complexity index is 439. The van der Waals surface area contributed by atoms with Crippen LogP contribution in [0.2, 0.25) is 0 Å². The first-order chi connectivity index (χ1) is 8.36. The predicted molar refractivity (Wildman–Crippen MR) is 73.1 cm³/mol. The molecule has 0 amide bonds. The standard InChI is InChI=1S/C16H21N/c1-17-11-8-13-12-16(9-4-5-10-16)15-7-3-2-6-14(13)15/h2-3,6-7,12,17H,4-5,8-11H2,1H3. The number of hydrogen-bond acceptors (Lipinski definition) is 1. The predicted octanol–water partition coefficient (Wildman–Crippen LogP) is 3.50. The molecule has 2 aliphatic rings. The minimum atomic E-state index is 0.402. The van der Waals surface area contributed by atoms with Gasteiger partial charge in [-0.25, -0.2) is 0 Å². The van der Waals surface area contributed by atoms with Crippen molar-refractivity contribution in [2.75, 3.05) is 13.6 Å². The fraction of sp³-hybridized carbons (Fsp3) is 0.500. The molecule has 2 aliphatic carbocycles. The normalized spacial score (nSPS) is 20.6. The molecular weight excluding hydrogens is 206 g/mol. The molecule has 1 heteroatoms. The highest BCUT2D eigenvalue weighted by atomic mass is 14.8. The maximum absolute atomic E-state index is 3.26. The first kappa shape index (κ1) is 11.0. The Kier molecular flexibility index (Phi) is 2.79. The third kappa shape index (κ3) is 1.73. The van der Waals surface area contributed by atoms with Crippen LogP contribution in [0.1, 0.15) is 43.2 Å². The van der Waals surface area contributed by atoms with Gasteiger partial charge in [-0.1, -0.05) is 43.2 Å². The number of benzene rings is 1. The topological polar surface area (TPSA) is 12.0 Å². The van der Waals surface area contributed by atoms with Gasteiger partial charge < -0.3 is 5.32 Å². The summed E-state index contributed by atoms with van der Waals surface area (Å²) in [6, 6.07) is 9.04. The number of rotatable bonds is 3. The zero-order chi connectivity index (χ0) is 11.7. The summed E-state index contributed by atoms with van der Waals surface area (Å²) < 4.78 is 0. The molecule has 1 aromatic carbocycles. The van der Waals surface area contributed by atoms with Crippen molar-refractivity contribution in [1.82, 2.24) is 5.32 Å². The van der Waals surface area contributed by atoms with Gasteiger partial charge in [0.25, 0.3) is 0 Å². The van der Waals surface area contributed by atoms with E-state index in [1.165, 1.54) is 31.2 Å². The molecule has 0 heterocycles. The van der Waals surface area contributed by atoms with Crippen LogP contribution in [0.5, 0.6) is 0 Å². The lowest BCUT2D eigenvalue weighted by molar-refractivity contribution is 0.567. The summed E-state index contributed by atoms with van der Waals surface area (Å²) in [6.07, 6.45) is 9.24. The van der Waals surface area contributed by atoms with Gasteiger partial charge in [0.05, 0.1) is 0 Å². The zero-order valence-electron chi connectivity index (χ0n) is 10.6. The van der Waals surface area contributed by atoms with Gasteiger partial charge in [-0.15, -0.1) is 0 Å². The van der Waals surface area contributed by atoms with Crippen molar-refractivity contribution in [1.29, 1.82) is 0 Å². The molecular formula is C16H21N. The molecule has 1 N–H and O–H groups in total. The zero-order valence-corrected chi connectivity index (χ0v) is 10.6. The number of fused-ring (bicyclic) bond motifs is 2. The van der Waals surface area contributed by atoms with Crippen LogP contribution in [0.3, 0.4) is 0 Å². The second-order valence-corrected chi connectivity index (χ2v) is 5.43. The van der Waals surface area contributed by atoms with Gasteiger partial charge in [0.2, 0.25) is 0 Å². The molecule has 0 bridgehead atoms. The van der Waals surface area contributed by atoms with Gasteiger partial charge >= 0.3 is 0 Å². The van der Waals surface area contributed by atoms with Crippen LogP contribution in [0.4, 0.5) is 0 Å². The Labute approximate surface area is 104 Å². The van der Waals surface area contributed by atoms with Crippen molar-refractivity contribution in [3.05, 3.63) is 41.5 Å². The number of hydrogen-bond donors (Lipinski definition) is 1. The molecule has 0 unspecified atom stereocenters. The maximum Gasteiger partial charge on any atom is 0.0144 e. The Morgan fingerprint density at radius 2 is 1.94 bits per heavy atom. The molecule has 0 atom stereocenters. The van der Waals surface area contributed by atoms with Gasteiger partial charge in [-0.05, 0) is 49.6 Å². The van der Waals surface area contributed by atoms with E-state index >= 15 is 0 Å². The highest BCUT2D eigenvalue weighted by Crippen LogP contribution is 2.50. The molecule has 1 aromatic rings. The van der Waals surface area contributed by atoms with E-state index in [1.54, 1.807) is 11.1 Å². The quantitative estimate of drug-likeness (QED) is 0.833. The molecule has 1 fully saturated rings. The van der Waals surface area contributed by atoms with Gasteiger partial charge in [0.15, 0.2) is 0 Å². The Morgan fingerprint density at radius 1 is 1.18 bits per heavy atom. The summed E-state index contributed by atoms with van der Waals surface area (Å²) in [5, 5.41) is 3.26. The molecule has 1 nitrogen and oxygen atoms in total. The molecule has 90 valence electrons. The first-order valence-electron chi connectivity index (χ1n) is 6.82. The Morgan fingerprint density at radius 3 is 2.71 bits per heavy atom. The minimum Gasteiger partial charge on any atom is -0.319 e. The maximum atomic E-state index is 3.26. The van der Waals surface area contributed by atoms with Gasteiger partial charge in [0.1, 0.15) is 0 Å². The first-order valence-corrected chi connectivity index (χ1v) is 6.82. The largest absolute Gasteiger partial charge is 0.319 e. The van der Waals surface area contributed by atoms with Gasteiger partial charge in [0, 0.05) is 5.41 Å². The average Bonchev–Trinajstić information content (AvgIpc) is 2.95. The van der Waals surface area contributed by atoms with E-state index in [0.717, 1.165) is 13.0 Å². The fourth-order valence-corrected chi connectivity index (χ4v) is 3.57. The fourth-order valence-electron chi connectivity index (χ4n) is 3.57. The number of nitrogens with one attached hydrogen (secondary N) is 1. The second kappa shape index (κ2) is 4.30. The SMILES string of the molecule is CNCCC1=CC2(CCCC2)c2ccccc21. The summed E-state index contributed by atoms with van der Waals surface area (Å²) in [6.45, 7) is 1.08. The molecule has 0 aliphatic heterocycles. The minimum absolute atomic E-state index is 0.402. The lowest BCUT2D eigenvalue weighted by Crippen LogP contribution is -2.16. The third-order valence-corrected chi connectivity index (χ3v) is 4.40. The lowest BCUT2D eigenvalue weighted by Gasteiger charge is -2.22. The summed E-state index contributed by atoms with van der Waals surface area (Å²) >= 11 is 0. The van der Waals surface area contributed by atoms with Crippen LogP contribution in [0, 0.1) is 0 Å². The molecule has 3 rings (SSSR count).